The molecule has 0 atom stereocenters. The highest BCUT2D eigenvalue weighted by atomic mass is 35.5. The molecular weight excluding hydrogens is 384 g/mol. The van der Waals surface area contributed by atoms with Crippen molar-refractivity contribution in [3.63, 3.8) is 0 Å². The lowest BCUT2D eigenvalue weighted by molar-refractivity contribution is -0.117. The van der Waals surface area contributed by atoms with Crippen molar-refractivity contribution < 1.29 is 14.3 Å². The molecule has 5 nitrogen and oxygen atoms in total. The number of amides is 2. The Morgan fingerprint density at radius 3 is 2.52 bits per heavy atom. The van der Waals surface area contributed by atoms with Crippen molar-refractivity contribution >= 4 is 46.6 Å². The number of rotatable bonds is 7. The van der Waals surface area contributed by atoms with Crippen LogP contribution in [0.3, 0.4) is 0 Å². The standard InChI is InChI=1S/C20H21ClN2O3S/c1-12-9-17(18(26-2)10-16(12)21)23-19(24)11-27-15-7-5-14(6-8-15)22-20(25)13-3-4-13/h5-10,13H,3-4,11H2,1-2H3,(H,22,25)(H,23,24). The molecule has 1 aliphatic rings. The molecule has 0 aliphatic heterocycles. The van der Waals surface area contributed by atoms with Gasteiger partial charge < -0.3 is 15.4 Å². The average Bonchev–Trinajstić information content (AvgIpc) is 3.49. The predicted molar refractivity (Wildman–Crippen MR) is 110 cm³/mol. The summed E-state index contributed by atoms with van der Waals surface area (Å²) in [5, 5.41) is 6.35. The largest absolute Gasteiger partial charge is 0.495 e. The van der Waals surface area contributed by atoms with Crippen molar-refractivity contribution in [2.45, 2.75) is 24.7 Å². The highest BCUT2D eigenvalue weighted by Crippen LogP contribution is 2.32. The Labute approximate surface area is 167 Å². The predicted octanol–water partition coefficient (Wildman–Crippen LogP) is 4.74. The molecule has 142 valence electrons. The van der Waals surface area contributed by atoms with E-state index < -0.39 is 0 Å². The number of thioether (sulfide) groups is 1. The summed E-state index contributed by atoms with van der Waals surface area (Å²) in [6.07, 6.45) is 1.96. The molecule has 0 spiro atoms. The summed E-state index contributed by atoms with van der Waals surface area (Å²) in [6.45, 7) is 1.87. The van der Waals surface area contributed by atoms with Gasteiger partial charge in [0.05, 0.1) is 18.6 Å². The Morgan fingerprint density at radius 1 is 1.19 bits per heavy atom. The molecule has 2 amide bonds. The van der Waals surface area contributed by atoms with E-state index in [1.54, 1.807) is 12.1 Å². The summed E-state index contributed by atoms with van der Waals surface area (Å²) in [4.78, 5) is 25.0. The first-order valence-corrected chi connectivity index (χ1v) is 10.0. The molecule has 1 fully saturated rings. The number of hydrogen-bond donors (Lipinski definition) is 2. The Balaban J connectivity index is 1.53. The van der Waals surface area contributed by atoms with Crippen LogP contribution in [0, 0.1) is 12.8 Å². The van der Waals surface area contributed by atoms with Crippen LogP contribution in [0.25, 0.3) is 0 Å². The number of hydrogen-bond acceptors (Lipinski definition) is 4. The van der Waals surface area contributed by atoms with Gasteiger partial charge in [0.25, 0.3) is 0 Å². The van der Waals surface area contributed by atoms with E-state index >= 15 is 0 Å². The fraction of sp³-hybridized carbons (Fsp3) is 0.300. The van der Waals surface area contributed by atoms with Gasteiger partial charge in [0.1, 0.15) is 5.75 Å². The number of ether oxygens (including phenoxy) is 1. The Kier molecular flexibility index (Phi) is 6.29. The molecule has 0 heterocycles. The van der Waals surface area contributed by atoms with E-state index in [1.807, 2.05) is 31.2 Å². The number of halogens is 1. The summed E-state index contributed by atoms with van der Waals surface area (Å²) in [5.41, 5.74) is 2.24. The van der Waals surface area contributed by atoms with Crippen LogP contribution in [0.4, 0.5) is 11.4 Å². The van der Waals surface area contributed by atoms with Crippen LogP contribution in [0.2, 0.25) is 5.02 Å². The average molecular weight is 405 g/mol. The molecule has 1 saturated carbocycles. The fourth-order valence-electron chi connectivity index (χ4n) is 2.49. The van der Waals surface area contributed by atoms with Crippen LogP contribution >= 0.6 is 23.4 Å². The minimum atomic E-state index is -0.133. The third kappa shape index (κ3) is 5.40. The van der Waals surface area contributed by atoms with Crippen LogP contribution in [0.5, 0.6) is 5.75 Å². The maximum atomic E-state index is 12.3. The van der Waals surface area contributed by atoms with E-state index in [-0.39, 0.29) is 23.5 Å². The third-order valence-electron chi connectivity index (χ3n) is 4.19. The number of methoxy groups -OCH3 is 1. The van der Waals surface area contributed by atoms with Gasteiger partial charge >= 0.3 is 0 Å². The highest BCUT2D eigenvalue weighted by molar-refractivity contribution is 8.00. The summed E-state index contributed by atoms with van der Waals surface area (Å²) in [5.74, 6) is 0.919. The quantitative estimate of drug-likeness (QED) is 0.654. The van der Waals surface area contributed by atoms with Gasteiger partial charge in [-0.1, -0.05) is 11.6 Å². The number of carbonyl (C=O) groups is 2. The molecule has 2 aromatic carbocycles. The van der Waals surface area contributed by atoms with Crippen LogP contribution < -0.4 is 15.4 Å². The second-order valence-corrected chi connectivity index (χ2v) is 7.88. The van der Waals surface area contributed by atoms with E-state index in [9.17, 15) is 9.59 Å². The zero-order valence-electron chi connectivity index (χ0n) is 15.2. The number of aryl methyl sites for hydroxylation is 1. The first-order valence-electron chi connectivity index (χ1n) is 8.64. The van der Waals surface area contributed by atoms with Gasteiger partial charge in [-0.05, 0) is 55.7 Å². The second-order valence-electron chi connectivity index (χ2n) is 6.43. The van der Waals surface area contributed by atoms with Crippen molar-refractivity contribution in [1.82, 2.24) is 0 Å². The molecule has 27 heavy (non-hydrogen) atoms. The number of benzene rings is 2. The lowest BCUT2D eigenvalue weighted by Crippen LogP contribution is -2.15. The van der Waals surface area contributed by atoms with Gasteiger partial charge in [-0.25, -0.2) is 0 Å². The van der Waals surface area contributed by atoms with Gasteiger partial charge in [-0.3, -0.25) is 9.59 Å². The topological polar surface area (TPSA) is 67.4 Å². The first kappa shape index (κ1) is 19.6. The molecule has 0 saturated heterocycles. The molecule has 7 heteroatoms. The molecular formula is C20H21ClN2O3S. The minimum Gasteiger partial charge on any atom is -0.495 e. The lowest BCUT2D eigenvalue weighted by Gasteiger charge is -2.12. The van der Waals surface area contributed by atoms with Gasteiger partial charge in [0.15, 0.2) is 0 Å². The number of anilines is 2. The molecule has 3 rings (SSSR count). The Morgan fingerprint density at radius 2 is 1.89 bits per heavy atom. The Bertz CT molecular complexity index is 851. The monoisotopic (exact) mass is 404 g/mol. The van der Waals surface area contributed by atoms with E-state index in [1.165, 1.54) is 18.9 Å². The first-order chi connectivity index (χ1) is 13.0. The van der Waals surface area contributed by atoms with Crippen molar-refractivity contribution in [3.8, 4) is 5.75 Å². The van der Waals surface area contributed by atoms with Gasteiger partial charge in [-0.2, -0.15) is 0 Å². The molecule has 0 unspecified atom stereocenters. The van der Waals surface area contributed by atoms with Gasteiger partial charge in [0, 0.05) is 27.6 Å². The second kappa shape index (κ2) is 8.67. The van der Waals surface area contributed by atoms with Crippen LogP contribution in [0.1, 0.15) is 18.4 Å². The van der Waals surface area contributed by atoms with Crippen molar-refractivity contribution in [2.75, 3.05) is 23.5 Å². The number of nitrogens with one attached hydrogen (secondary N) is 2. The minimum absolute atomic E-state index is 0.0852. The smallest absolute Gasteiger partial charge is 0.234 e. The van der Waals surface area contributed by atoms with Crippen molar-refractivity contribution in [1.29, 1.82) is 0 Å². The zero-order chi connectivity index (χ0) is 19.4. The van der Waals surface area contributed by atoms with Crippen molar-refractivity contribution in [2.24, 2.45) is 5.92 Å². The normalized spacial score (nSPS) is 13.1. The zero-order valence-corrected chi connectivity index (χ0v) is 16.7. The maximum Gasteiger partial charge on any atom is 0.234 e. The molecule has 1 aliphatic carbocycles. The van der Waals surface area contributed by atoms with E-state index in [0.29, 0.717) is 16.5 Å². The van der Waals surface area contributed by atoms with E-state index in [4.69, 9.17) is 16.3 Å². The fourth-order valence-corrected chi connectivity index (χ4v) is 3.34. The van der Waals surface area contributed by atoms with Crippen LogP contribution in [-0.4, -0.2) is 24.7 Å². The SMILES string of the molecule is COc1cc(Cl)c(C)cc1NC(=O)CSc1ccc(NC(=O)C2CC2)cc1. The molecule has 2 N–H and O–H groups in total. The van der Waals surface area contributed by atoms with E-state index in [0.717, 1.165) is 29.0 Å². The summed E-state index contributed by atoms with van der Waals surface area (Å²) in [7, 11) is 1.54. The Hall–Kier alpha value is -2.18. The molecule has 0 radical (unpaired) electrons. The van der Waals surface area contributed by atoms with Crippen LogP contribution in [-0.2, 0) is 9.59 Å². The third-order valence-corrected chi connectivity index (χ3v) is 5.61. The molecule has 0 aromatic heterocycles. The van der Waals surface area contributed by atoms with Gasteiger partial charge in [-0.15, -0.1) is 11.8 Å². The van der Waals surface area contributed by atoms with Gasteiger partial charge in [0.2, 0.25) is 11.8 Å². The summed E-state index contributed by atoms with van der Waals surface area (Å²) >= 11 is 7.51. The highest BCUT2D eigenvalue weighted by Gasteiger charge is 2.29. The molecule has 2 aromatic rings. The molecule has 0 bridgehead atoms. The lowest BCUT2D eigenvalue weighted by atomic mass is 10.2. The number of carbonyl (C=O) groups excluding carboxylic acids is 2. The maximum absolute atomic E-state index is 12.3. The summed E-state index contributed by atoms with van der Waals surface area (Å²) < 4.78 is 5.27. The van der Waals surface area contributed by atoms with Crippen molar-refractivity contribution in [3.05, 3.63) is 47.0 Å². The van der Waals surface area contributed by atoms with E-state index in [2.05, 4.69) is 10.6 Å². The summed E-state index contributed by atoms with van der Waals surface area (Å²) in [6, 6.07) is 11.0. The van der Waals surface area contributed by atoms with Crippen LogP contribution in [0.15, 0.2) is 41.3 Å².